The van der Waals surface area contributed by atoms with Crippen LogP contribution >= 0.6 is 0 Å². The zero-order chi connectivity index (χ0) is 21.2. The summed E-state index contributed by atoms with van der Waals surface area (Å²) in [4.78, 5) is 24.9. The second-order valence-corrected chi connectivity index (χ2v) is 6.15. The quantitative estimate of drug-likeness (QED) is 0.724. The molecule has 0 saturated heterocycles. The fourth-order valence-electron chi connectivity index (χ4n) is 2.78. The van der Waals surface area contributed by atoms with Gasteiger partial charge in [0.2, 0.25) is 0 Å². The number of alkyl halides is 3. The van der Waals surface area contributed by atoms with Crippen molar-refractivity contribution in [2.24, 2.45) is 7.05 Å². The topological polar surface area (TPSA) is 84.1 Å². The monoisotopic (exact) mass is 401 g/mol. The highest BCUT2D eigenvalue weighted by Gasteiger charge is 2.29. The van der Waals surface area contributed by atoms with Gasteiger partial charge in [0.05, 0.1) is 16.6 Å². The van der Waals surface area contributed by atoms with E-state index in [0.717, 1.165) is 0 Å². The number of benzene rings is 2. The molecule has 0 atom stereocenters. The van der Waals surface area contributed by atoms with Crippen LogP contribution < -0.4 is 15.6 Å². The average Bonchev–Trinajstić information content (AvgIpc) is 2.68. The van der Waals surface area contributed by atoms with Gasteiger partial charge in [-0.05, 0) is 24.3 Å². The molecule has 29 heavy (non-hydrogen) atoms. The molecule has 3 aromatic rings. The number of nitrogens with zero attached hydrogens (tertiary/aromatic N) is 2. The first kappa shape index (κ1) is 19.9. The van der Waals surface area contributed by atoms with Crippen molar-refractivity contribution in [3.05, 3.63) is 70.0 Å². The summed E-state index contributed by atoms with van der Waals surface area (Å²) in [6, 6.07) is 13.5. The first-order chi connectivity index (χ1) is 13.7. The van der Waals surface area contributed by atoms with Crippen LogP contribution in [-0.4, -0.2) is 23.3 Å². The van der Waals surface area contributed by atoms with Crippen molar-refractivity contribution in [1.29, 1.82) is 5.26 Å². The second kappa shape index (κ2) is 7.67. The molecule has 9 heteroatoms. The molecule has 0 fully saturated rings. The van der Waals surface area contributed by atoms with Crippen LogP contribution in [0.5, 0.6) is 5.75 Å². The highest BCUT2D eigenvalue weighted by Crippen LogP contribution is 2.25. The number of halogens is 3. The zero-order valence-corrected chi connectivity index (χ0v) is 15.1. The molecule has 0 radical (unpaired) electrons. The number of hydrogen-bond donors (Lipinski definition) is 1. The number of carbonyl (C=O) groups excluding carboxylic acids is 1. The third-order valence-corrected chi connectivity index (χ3v) is 4.15. The van der Waals surface area contributed by atoms with E-state index in [2.05, 4.69) is 10.1 Å². The van der Waals surface area contributed by atoms with Crippen LogP contribution in [0.25, 0.3) is 10.9 Å². The molecule has 0 saturated carbocycles. The van der Waals surface area contributed by atoms with Crippen LogP contribution in [0.2, 0.25) is 0 Å². The third kappa shape index (κ3) is 4.38. The van der Waals surface area contributed by atoms with Crippen LogP contribution in [-0.2, 0) is 7.05 Å². The normalized spacial score (nSPS) is 11.1. The Labute approximate surface area is 162 Å². The SMILES string of the molecule is Cn1c(=O)cc(C(=O)Nc2ccc(OCC(F)(F)F)c(C#N)c2)c2ccccc21. The van der Waals surface area contributed by atoms with Gasteiger partial charge in [0, 0.05) is 24.2 Å². The van der Waals surface area contributed by atoms with Gasteiger partial charge in [-0.2, -0.15) is 18.4 Å². The minimum absolute atomic E-state index is 0.139. The Morgan fingerprint density at radius 3 is 2.62 bits per heavy atom. The first-order valence-electron chi connectivity index (χ1n) is 8.33. The van der Waals surface area contributed by atoms with E-state index in [9.17, 15) is 22.8 Å². The largest absolute Gasteiger partial charge is 0.483 e. The number of aromatic nitrogens is 1. The number of fused-ring (bicyclic) bond motifs is 1. The Morgan fingerprint density at radius 1 is 1.21 bits per heavy atom. The van der Waals surface area contributed by atoms with E-state index in [4.69, 9.17) is 5.26 Å². The molecule has 6 nitrogen and oxygen atoms in total. The van der Waals surface area contributed by atoms with Crippen LogP contribution in [0.4, 0.5) is 18.9 Å². The van der Waals surface area contributed by atoms with Crippen LogP contribution in [0.15, 0.2) is 53.3 Å². The van der Waals surface area contributed by atoms with Gasteiger partial charge in [-0.25, -0.2) is 0 Å². The van der Waals surface area contributed by atoms with E-state index < -0.39 is 18.7 Å². The molecular formula is C20H14F3N3O3. The minimum atomic E-state index is -4.54. The molecule has 1 aromatic heterocycles. The fraction of sp³-hybridized carbons (Fsp3) is 0.150. The van der Waals surface area contributed by atoms with Crippen molar-refractivity contribution >= 4 is 22.5 Å². The zero-order valence-electron chi connectivity index (χ0n) is 15.1. The van der Waals surface area contributed by atoms with Gasteiger partial charge in [-0.15, -0.1) is 0 Å². The van der Waals surface area contributed by atoms with Gasteiger partial charge in [0.15, 0.2) is 6.61 Å². The van der Waals surface area contributed by atoms with Crippen LogP contribution in [0.1, 0.15) is 15.9 Å². The predicted octanol–water partition coefficient (Wildman–Crippen LogP) is 3.60. The fourth-order valence-corrected chi connectivity index (χ4v) is 2.78. The maximum atomic E-state index is 12.7. The van der Waals surface area contributed by atoms with E-state index in [1.54, 1.807) is 37.4 Å². The second-order valence-electron chi connectivity index (χ2n) is 6.15. The van der Waals surface area contributed by atoms with Crippen molar-refractivity contribution in [2.45, 2.75) is 6.18 Å². The van der Waals surface area contributed by atoms with E-state index in [0.29, 0.717) is 10.9 Å². The first-order valence-corrected chi connectivity index (χ1v) is 8.33. The average molecular weight is 401 g/mol. The number of amides is 1. The number of nitrogens with one attached hydrogen (secondary N) is 1. The molecule has 0 aliphatic carbocycles. The van der Waals surface area contributed by atoms with E-state index >= 15 is 0 Å². The van der Waals surface area contributed by atoms with Gasteiger partial charge >= 0.3 is 6.18 Å². The van der Waals surface area contributed by atoms with Gasteiger partial charge in [0.1, 0.15) is 11.8 Å². The molecule has 3 rings (SSSR count). The van der Waals surface area contributed by atoms with Crippen molar-refractivity contribution in [3.8, 4) is 11.8 Å². The molecular weight excluding hydrogens is 387 g/mol. The number of anilines is 1. The van der Waals surface area contributed by atoms with E-state index in [-0.39, 0.29) is 28.1 Å². The van der Waals surface area contributed by atoms with Crippen molar-refractivity contribution in [3.63, 3.8) is 0 Å². The summed E-state index contributed by atoms with van der Waals surface area (Å²) in [5.74, 6) is -0.839. The van der Waals surface area contributed by atoms with Crippen LogP contribution in [0.3, 0.4) is 0 Å². The number of nitriles is 1. The number of pyridine rings is 1. The smallest absolute Gasteiger partial charge is 0.422 e. The molecule has 1 N–H and O–H groups in total. The number of para-hydroxylation sites is 1. The molecule has 148 valence electrons. The Hall–Kier alpha value is -3.80. The Bertz CT molecular complexity index is 1190. The lowest BCUT2D eigenvalue weighted by Crippen LogP contribution is -2.21. The highest BCUT2D eigenvalue weighted by atomic mass is 19.4. The molecule has 1 heterocycles. The van der Waals surface area contributed by atoms with Crippen molar-refractivity contribution in [1.82, 2.24) is 4.57 Å². The molecule has 2 aromatic carbocycles. The maximum Gasteiger partial charge on any atom is 0.422 e. The number of ether oxygens (including phenoxy) is 1. The summed E-state index contributed by atoms with van der Waals surface area (Å²) in [5, 5.41) is 12.3. The summed E-state index contributed by atoms with van der Waals surface area (Å²) in [6.45, 7) is -1.54. The molecule has 0 aliphatic heterocycles. The summed E-state index contributed by atoms with van der Waals surface area (Å²) < 4.78 is 43.0. The summed E-state index contributed by atoms with van der Waals surface area (Å²) in [5.41, 5.74) is 0.345. The molecule has 0 aliphatic rings. The molecule has 1 amide bonds. The van der Waals surface area contributed by atoms with Gasteiger partial charge in [0.25, 0.3) is 11.5 Å². The molecule has 0 unspecified atom stereocenters. The lowest BCUT2D eigenvalue weighted by molar-refractivity contribution is -0.153. The Morgan fingerprint density at radius 2 is 1.93 bits per heavy atom. The van der Waals surface area contributed by atoms with Gasteiger partial charge in [-0.1, -0.05) is 18.2 Å². The maximum absolute atomic E-state index is 12.7. The summed E-state index contributed by atoms with van der Waals surface area (Å²) in [7, 11) is 1.59. The van der Waals surface area contributed by atoms with Crippen molar-refractivity contribution in [2.75, 3.05) is 11.9 Å². The number of hydrogen-bond acceptors (Lipinski definition) is 4. The predicted molar refractivity (Wildman–Crippen MR) is 99.8 cm³/mol. The van der Waals surface area contributed by atoms with Crippen molar-refractivity contribution < 1.29 is 22.7 Å². The Balaban J connectivity index is 1.90. The van der Waals surface area contributed by atoms with E-state index in [1.807, 2.05) is 0 Å². The van der Waals surface area contributed by atoms with Gasteiger partial charge in [-0.3, -0.25) is 9.59 Å². The van der Waals surface area contributed by atoms with Crippen LogP contribution in [0, 0.1) is 11.3 Å². The van der Waals surface area contributed by atoms with Gasteiger partial charge < -0.3 is 14.6 Å². The molecule has 0 spiro atoms. The third-order valence-electron chi connectivity index (χ3n) is 4.15. The Kier molecular flexibility index (Phi) is 5.28. The summed E-state index contributed by atoms with van der Waals surface area (Å²) >= 11 is 0. The lowest BCUT2D eigenvalue weighted by Gasteiger charge is -2.13. The standard InChI is InChI=1S/C20H14F3N3O3/c1-26-16-5-3-2-4-14(16)15(9-18(26)27)19(28)25-13-6-7-17(12(8-13)10-24)29-11-20(21,22)23/h2-9H,11H2,1H3,(H,25,28). The highest BCUT2D eigenvalue weighted by molar-refractivity contribution is 6.12. The van der Waals surface area contributed by atoms with E-state index in [1.165, 1.54) is 28.8 Å². The lowest BCUT2D eigenvalue weighted by atomic mass is 10.1. The molecule has 0 bridgehead atoms. The number of carbonyl (C=O) groups is 1. The summed E-state index contributed by atoms with van der Waals surface area (Å²) in [6.07, 6.45) is -4.54. The number of rotatable bonds is 4. The minimum Gasteiger partial charge on any atom is -0.483 e. The number of aryl methyl sites for hydroxylation is 1.